The molecule has 1 N–H and O–H groups in total. The Balaban J connectivity index is 2.24. The zero-order valence-corrected chi connectivity index (χ0v) is 14.2. The van der Waals surface area contributed by atoms with Crippen molar-refractivity contribution in [2.75, 3.05) is 13.9 Å². The summed E-state index contributed by atoms with van der Waals surface area (Å²) in [6, 6.07) is 4.56. The molecular formula is C16H16N2O5S. The molecule has 24 heavy (non-hydrogen) atoms. The third kappa shape index (κ3) is 2.48. The van der Waals surface area contributed by atoms with E-state index in [1.807, 2.05) is 0 Å². The molecule has 0 saturated carbocycles. The molecule has 0 spiro atoms. The van der Waals surface area contributed by atoms with E-state index in [0.717, 1.165) is 0 Å². The Hall–Kier alpha value is -2.61. The number of thiocarbonyl (C=S) groups is 1. The van der Waals surface area contributed by atoms with E-state index in [9.17, 15) is 9.59 Å². The molecule has 0 aromatic heterocycles. The molecule has 1 aromatic carbocycles. The van der Waals surface area contributed by atoms with Gasteiger partial charge in [0.15, 0.2) is 16.6 Å². The molecule has 1 amide bonds. The number of rotatable bonds is 2. The summed E-state index contributed by atoms with van der Waals surface area (Å²) in [4.78, 5) is 25.9. The standard InChI is InChI=1S/C16H16N2O5S/c1-8-12(15(20)21-3)13(18(9(2)19)16(24)17-8)10-5-4-6-11-14(10)23-7-22-11/h4-6,13H,7H2,1-3H3,(H,17,24)/t13-/m1/s1. The highest BCUT2D eigenvalue weighted by Gasteiger charge is 2.41. The number of benzene rings is 1. The molecule has 0 unspecified atom stereocenters. The summed E-state index contributed by atoms with van der Waals surface area (Å²) in [7, 11) is 1.29. The fourth-order valence-corrected chi connectivity index (χ4v) is 3.29. The smallest absolute Gasteiger partial charge is 0.337 e. The number of nitrogens with zero attached hydrogens (tertiary/aromatic N) is 1. The number of para-hydroxylation sites is 1. The van der Waals surface area contributed by atoms with Gasteiger partial charge in [-0.05, 0) is 25.2 Å². The number of allylic oxidation sites excluding steroid dienone is 1. The van der Waals surface area contributed by atoms with Crippen molar-refractivity contribution in [1.82, 2.24) is 10.2 Å². The highest BCUT2D eigenvalue weighted by molar-refractivity contribution is 7.80. The number of fused-ring (bicyclic) bond motifs is 1. The van der Waals surface area contributed by atoms with E-state index in [4.69, 9.17) is 26.4 Å². The van der Waals surface area contributed by atoms with E-state index in [0.29, 0.717) is 28.3 Å². The van der Waals surface area contributed by atoms with E-state index >= 15 is 0 Å². The summed E-state index contributed by atoms with van der Waals surface area (Å²) in [5.74, 6) is 0.202. The second kappa shape index (κ2) is 6.12. The normalized spacial score (nSPS) is 19.2. The molecule has 8 heteroatoms. The summed E-state index contributed by atoms with van der Waals surface area (Å²) in [6.45, 7) is 3.18. The fourth-order valence-electron chi connectivity index (χ4n) is 2.90. The number of carbonyl (C=O) groups is 2. The topological polar surface area (TPSA) is 77.1 Å². The maximum atomic E-state index is 12.4. The molecule has 7 nitrogen and oxygen atoms in total. The Morgan fingerprint density at radius 2 is 2.12 bits per heavy atom. The van der Waals surface area contributed by atoms with Crippen molar-refractivity contribution in [3.63, 3.8) is 0 Å². The molecule has 0 bridgehead atoms. The number of esters is 1. The van der Waals surface area contributed by atoms with Crippen LogP contribution in [0.4, 0.5) is 0 Å². The number of hydrogen-bond acceptors (Lipinski definition) is 6. The lowest BCUT2D eigenvalue weighted by Gasteiger charge is -2.37. The van der Waals surface area contributed by atoms with E-state index in [2.05, 4.69) is 5.32 Å². The lowest BCUT2D eigenvalue weighted by atomic mass is 9.93. The van der Waals surface area contributed by atoms with Gasteiger partial charge in [0, 0.05) is 18.2 Å². The number of carbonyl (C=O) groups excluding carboxylic acids is 2. The van der Waals surface area contributed by atoms with E-state index in [1.165, 1.54) is 18.9 Å². The average Bonchev–Trinajstić information content (AvgIpc) is 3.01. The van der Waals surface area contributed by atoms with Crippen LogP contribution in [0.25, 0.3) is 0 Å². The van der Waals surface area contributed by atoms with Crippen LogP contribution >= 0.6 is 12.2 Å². The van der Waals surface area contributed by atoms with Gasteiger partial charge >= 0.3 is 5.97 Å². The van der Waals surface area contributed by atoms with Crippen molar-refractivity contribution in [1.29, 1.82) is 0 Å². The SMILES string of the molecule is COC(=O)C1=C(C)NC(=S)N(C(C)=O)[C@@H]1c1cccc2c1OCO2. The first-order valence-corrected chi connectivity index (χ1v) is 7.65. The monoisotopic (exact) mass is 348 g/mol. The van der Waals surface area contributed by atoms with Crippen LogP contribution in [0.2, 0.25) is 0 Å². The minimum atomic E-state index is -0.750. The highest BCUT2D eigenvalue weighted by Crippen LogP contribution is 2.44. The summed E-state index contributed by atoms with van der Waals surface area (Å²) in [5.41, 5.74) is 1.44. The van der Waals surface area contributed by atoms with E-state index < -0.39 is 12.0 Å². The molecule has 0 aliphatic carbocycles. The van der Waals surface area contributed by atoms with Gasteiger partial charge in [-0.3, -0.25) is 9.69 Å². The lowest BCUT2D eigenvalue weighted by Crippen LogP contribution is -2.50. The van der Waals surface area contributed by atoms with Crippen LogP contribution in [0.15, 0.2) is 29.5 Å². The third-order valence-corrected chi connectivity index (χ3v) is 4.21. The minimum absolute atomic E-state index is 0.0814. The van der Waals surface area contributed by atoms with Crippen LogP contribution in [0, 0.1) is 0 Å². The molecule has 0 fully saturated rings. The summed E-state index contributed by atoms with van der Waals surface area (Å²) in [5, 5.41) is 3.10. The van der Waals surface area contributed by atoms with Crippen molar-refractivity contribution in [3.05, 3.63) is 35.0 Å². The van der Waals surface area contributed by atoms with Crippen molar-refractivity contribution < 1.29 is 23.8 Å². The lowest BCUT2D eigenvalue weighted by molar-refractivity contribution is -0.137. The van der Waals surface area contributed by atoms with Crippen LogP contribution < -0.4 is 14.8 Å². The number of amides is 1. The first kappa shape index (κ1) is 16.3. The Morgan fingerprint density at radius 1 is 1.38 bits per heavy atom. The molecule has 1 aromatic rings. The Bertz CT molecular complexity index is 774. The molecule has 0 radical (unpaired) electrons. The van der Waals surface area contributed by atoms with Crippen molar-refractivity contribution >= 4 is 29.2 Å². The predicted molar refractivity (Wildman–Crippen MR) is 88.3 cm³/mol. The Morgan fingerprint density at radius 3 is 2.79 bits per heavy atom. The number of methoxy groups -OCH3 is 1. The molecule has 2 aliphatic rings. The van der Waals surface area contributed by atoms with Crippen LogP contribution in [0.5, 0.6) is 11.5 Å². The summed E-state index contributed by atoms with van der Waals surface area (Å²) >= 11 is 5.30. The second-order valence-electron chi connectivity index (χ2n) is 5.33. The zero-order chi connectivity index (χ0) is 17.4. The van der Waals surface area contributed by atoms with Crippen LogP contribution in [0.1, 0.15) is 25.5 Å². The molecule has 1 atom stereocenters. The molecular weight excluding hydrogens is 332 g/mol. The van der Waals surface area contributed by atoms with Gasteiger partial charge in [0.05, 0.1) is 12.7 Å². The number of hydrogen-bond donors (Lipinski definition) is 1. The maximum Gasteiger partial charge on any atom is 0.337 e. The Kier molecular flexibility index (Phi) is 4.15. The highest BCUT2D eigenvalue weighted by atomic mass is 32.1. The first-order valence-electron chi connectivity index (χ1n) is 7.24. The first-order chi connectivity index (χ1) is 11.5. The fraction of sp³-hybridized carbons (Fsp3) is 0.312. The number of nitrogens with one attached hydrogen (secondary N) is 1. The van der Waals surface area contributed by atoms with Gasteiger partial charge in [-0.15, -0.1) is 0 Å². The Labute approximate surface area is 144 Å². The molecule has 3 rings (SSSR count). The largest absolute Gasteiger partial charge is 0.466 e. The quantitative estimate of drug-likeness (QED) is 0.643. The van der Waals surface area contributed by atoms with Crippen LogP contribution in [0.3, 0.4) is 0 Å². The van der Waals surface area contributed by atoms with Gasteiger partial charge in [0.25, 0.3) is 0 Å². The van der Waals surface area contributed by atoms with Gasteiger partial charge in [-0.2, -0.15) is 0 Å². The third-order valence-electron chi connectivity index (χ3n) is 3.92. The van der Waals surface area contributed by atoms with Crippen LogP contribution in [-0.2, 0) is 14.3 Å². The van der Waals surface area contributed by atoms with Crippen molar-refractivity contribution in [3.8, 4) is 11.5 Å². The van der Waals surface area contributed by atoms with Crippen molar-refractivity contribution in [2.24, 2.45) is 0 Å². The molecule has 0 saturated heterocycles. The summed E-state index contributed by atoms with van der Waals surface area (Å²) in [6.07, 6.45) is 0. The molecule has 126 valence electrons. The summed E-state index contributed by atoms with van der Waals surface area (Å²) < 4.78 is 15.8. The predicted octanol–water partition coefficient (Wildman–Crippen LogP) is 1.64. The zero-order valence-electron chi connectivity index (χ0n) is 13.4. The van der Waals surface area contributed by atoms with Gasteiger partial charge in [-0.25, -0.2) is 4.79 Å². The molecule has 2 aliphatic heterocycles. The van der Waals surface area contributed by atoms with Gasteiger partial charge in [0.2, 0.25) is 12.7 Å². The minimum Gasteiger partial charge on any atom is -0.466 e. The second-order valence-corrected chi connectivity index (χ2v) is 5.72. The van der Waals surface area contributed by atoms with Gasteiger partial charge in [0.1, 0.15) is 6.04 Å². The molecule has 2 heterocycles. The van der Waals surface area contributed by atoms with Crippen molar-refractivity contribution in [2.45, 2.75) is 19.9 Å². The average molecular weight is 348 g/mol. The number of ether oxygens (including phenoxy) is 3. The van der Waals surface area contributed by atoms with E-state index in [-0.39, 0.29) is 17.8 Å². The van der Waals surface area contributed by atoms with Gasteiger partial charge in [-0.1, -0.05) is 12.1 Å². The van der Waals surface area contributed by atoms with Gasteiger partial charge < -0.3 is 19.5 Å². The van der Waals surface area contributed by atoms with Crippen LogP contribution in [-0.4, -0.2) is 35.8 Å². The van der Waals surface area contributed by atoms with E-state index in [1.54, 1.807) is 25.1 Å². The maximum absolute atomic E-state index is 12.4.